The number of carbonyl (C=O) groups excluding carboxylic acids is 2. The van der Waals surface area contributed by atoms with Crippen LogP contribution in [-0.2, 0) is 4.79 Å². The molecule has 0 unspecified atom stereocenters. The Balaban J connectivity index is 1.85. The van der Waals surface area contributed by atoms with E-state index < -0.39 is 11.8 Å². The zero-order valence-corrected chi connectivity index (χ0v) is 14.6. The van der Waals surface area contributed by atoms with E-state index in [0.29, 0.717) is 17.2 Å². The van der Waals surface area contributed by atoms with Crippen LogP contribution in [-0.4, -0.2) is 18.9 Å². The fraction of sp³-hybridized carbons (Fsp3) is 0.200. The SMILES string of the molecule is COc1ccc(C(=O)NNC(=O)C=Cc2ccc(C(C)C)cc2)cc1. The minimum absolute atomic E-state index is 0.398. The predicted octanol–water partition coefficient (Wildman–Crippen LogP) is 3.29. The molecular formula is C20H22N2O3. The number of nitrogens with one attached hydrogen (secondary N) is 2. The molecule has 0 aliphatic heterocycles. The first-order chi connectivity index (χ1) is 12.0. The van der Waals surface area contributed by atoms with Gasteiger partial charge in [0, 0.05) is 11.6 Å². The molecule has 0 atom stereocenters. The van der Waals surface area contributed by atoms with Crippen LogP contribution in [0.4, 0.5) is 0 Å². The van der Waals surface area contributed by atoms with Crippen LogP contribution in [0.2, 0.25) is 0 Å². The van der Waals surface area contributed by atoms with Crippen LogP contribution >= 0.6 is 0 Å². The first kappa shape index (κ1) is 18.3. The van der Waals surface area contributed by atoms with Crippen LogP contribution in [0.1, 0.15) is 41.3 Å². The second kappa shape index (κ2) is 8.68. The van der Waals surface area contributed by atoms with Gasteiger partial charge in [-0.15, -0.1) is 0 Å². The highest BCUT2D eigenvalue weighted by Gasteiger charge is 2.06. The molecule has 0 fully saturated rings. The molecule has 0 saturated heterocycles. The van der Waals surface area contributed by atoms with Crippen molar-refractivity contribution < 1.29 is 14.3 Å². The highest BCUT2D eigenvalue weighted by atomic mass is 16.5. The van der Waals surface area contributed by atoms with Gasteiger partial charge in [0.1, 0.15) is 5.75 Å². The van der Waals surface area contributed by atoms with E-state index >= 15 is 0 Å². The summed E-state index contributed by atoms with van der Waals surface area (Å²) >= 11 is 0. The van der Waals surface area contributed by atoms with E-state index in [1.165, 1.54) is 11.6 Å². The van der Waals surface area contributed by atoms with Gasteiger partial charge < -0.3 is 4.74 Å². The quantitative estimate of drug-likeness (QED) is 0.649. The van der Waals surface area contributed by atoms with Gasteiger partial charge in [0.25, 0.3) is 11.8 Å². The molecule has 0 aromatic heterocycles. The third-order valence-corrected chi connectivity index (χ3v) is 3.68. The molecule has 5 heteroatoms. The van der Waals surface area contributed by atoms with E-state index in [9.17, 15) is 9.59 Å². The molecule has 0 heterocycles. The van der Waals surface area contributed by atoms with Gasteiger partial charge in [-0.25, -0.2) is 0 Å². The molecule has 0 radical (unpaired) electrons. The Labute approximate surface area is 147 Å². The molecule has 0 bridgehead atoms. The lowest BCUT2D eigenvalue weighted by atomic mass is 10.0. The standard InChI is InChI=1S/C20H22N2O3/c1-14(2)16-7-4-15(5-8-16)6-13-19(23)21-22-20(24)17-9-11-18(25-3)12-10-17/h4-14H,1-3H3,(H,21,23)(H,22,24). The molecule has 0 aliphatic rings. The van der Waals surface area contributed by atoms with Crippen molar-refractivity contribution in [2.24, 2.45) is 0 Å². The summed E-state index contributed by atoms with van der Waals surface area (Å²) in [5.41, 5.74) is 7.31. The fourth-order valence-corrected chi connectivity index (χ4v) is 2.14. The van der Waals surface area contributed by atoms with Crippen molar-refractivity contribution in [3.05, 3.63) is 71.3 Å². The average Bonchev–Trinajstić information content (AvgIpc) is 2.64. The van der Waals surface area contributed by atoms with Crippen LogP contribution in [0.5, 0.6) is 5.75 Å². The van der Waals surface area contributed by atoms with Crippen LogP contribution in [0.15, 0.2) is 54.6 Å². The van der Waals surface area contributed by atoms with Gasteiger partial charge in [-0.1, -0.05) is 38.1 Å². The Morgan fingerprint density at radius 2 is 1.60 bits per heavy atom. The van der Waals surface area contributed by atoms with Gasteiger partial charge in [-0.05, 0) is 47.4 Å². The molecule has 2 rings (SSSR count). The molecule has 2 aromatic carbocycles. The highest BCUT2D eigenvalue weighted by Crippen LogP contribution is 2.15. The number of hydrogen-bond acceptors (Lipinski definition) is 3. The predicted molar refractivity (Wildman–Crippen MR) is 98.2 cm³/mol. The van der Waals surface area contributed by atoms with Gasteiger partial charge >= 0.3 is 0 Å². The average molecular weight is 338 g/mol. The van der Waals surface area contributed by atoms with Crippen molar-refractivity contribution in [3.8, 4) is 5.75 Å². The summed E-state index contributed by atoms with van der Waals surface area (Å²) in [5.74, 6) is 0.321. The topological polar surface area (TPSA) is 67.4 Å². The van der Waals surface area contributed by atoms with Crippen molar-refractivity contribution in [2.75, 3.05) is 7.11 Å². The number of amides is 2. The maximum Gasteiger partial charge on any atom is 0.269 e. The summed E-state index contributed by atoms with van der Waals surface area (Å²) < 4.78 is 5.03. The minimum atomic E-state index is -0.408. The number of methoxy groups -OCH3 is 1. The summed E-state index contributed by atoms with van der Waals surface area (Å²) in [7, 11) is 1.55. The summed E-state index contributed by atoms with van der Waals surface area (Å²) in [5, 5.41) is 0. The summed E-state index contributed by atoms with van der Waals surface area (Å²) in [4.78, 5) is 23.7. The Morgan fingerprint density at radius 3 is 2.16 bits per heavy atom. The molecule has 0 spiro atoms. The molecule has 2 amide bonds. The van der Waals surface area contributed by atoms with Crippen molar-refractivity contribution in [3.63, 3.8) is 0 Å². The number of benzene rings is 2. The van der Waals surface area contributed by atoms with E-state index in [1.54, 1.807) is 37.5 Å². The van der Waals surface area contributed by atoms with Crippen molar-refractivity contribution in [2.45, 2.75) is 19.8 Å². The Hall–Kier alpha value is -3.08. The van der Waals surface area contributed by atoms with E-state index in [1.807, 2.05) is 24.3 Å². The summed E-state index contributed by atoms with van der Waals surface area (Å²) in [6, 6.07) is 14.6. The first-order valence-electron chi connectivity index (χ1n) is 8.02. The lowest BCUT2D eigenvalue weighted by Crippen LogP contribution is -2.40. The Kier molecular flexibility index (Phi) is 6.34. The third-order valence-electron chi connectivity index (χ3n) is 3.68. The second-order valence-electron chi connectivity index (χ2n) is 5.83. The molecule has 2 aromatic rings. The first-order valence-corrected chi connectivity index (χ1v) is 8.02. The van der Waals surface area contributed by atoms with Crippen LogP contribution in [0, 0.1) is 0 Å². The van der Waals surface area contributed by atoms with Crippen molar-refractivity contribution >= 4 is 17.9 Å². The molecular weight excluding hydrogens is 316 g/mol. The van der Waals surface area contributed by atoms with E-state index in [4.69, 9.17) is 4.74 Å². The number of ether oxygens (including phenoxy) is 1. The Bertz CT molecular complexity index is 748. The van der Waals surface area contributed by atoms with E-state index in [2.05, 4.69) is 24.7 Å². The molecule has 130 valence electrons. The molecule has 5 nitrogen and oxygen atoms in total. The largest absolute Gasteiger partial charge is 0.497 e. The van der Waals surface area contributed by atoms with Crippen LogP contribution < -0.4 is 15.6 Å². The van der Waals surface area contributed by atoms with E-state index in [-0.39, 0.29) is 0 Å². The normalized spacial score (nSPS) is 10.7. The lowest BCUT2D eigenvalue weighted by Gasteiger charge is -2.06. The number of carbonyl (C=O) groups is 2. The number of hydrogen-bond donors (Lipinski definition) is 2. The lowest BCUT2D eigenvalue weighted by molar-refractivity contribution is -0.117. The van der Waals surface area contributed by atoms with Crippen molar-refractivity contribution in [1.29, 1.82) is 0 Å². The maximum absolute atomic E-state index is 11.9. The molecule has 2 N–H and O–H groups in total. The minimum Gasteiger partial charge on any atom is -0.497 e. The monoisotopic (exact) mass is 338 g/mol. The maximum atomic E-state index is 11.9. The summed E-state index contributed by atoms with van der Waals surface area (Å²) in [6.45, 7) is 4.26. The Morgan fingerprint density at radius 1 is 0.960 bits per heavy atom. The summed E-state index contributed by atoms with van der Waals surface area (Å²) in [6.07, 6.45) is 3.07. The fourth-order valence-electron chi connectivity index (χ4n) is 2.14. The van der Waals surface area contributed by atoms with E-state index in [0.717, 1.165) is 5.56 Å². The zero-order valence-electron chi connectivity index (χ0n) is 14.6. The van der Waals surface area contributed by atoms with Crippen molar-refractivity contribution in [1.82, 2.24) is 10.9 Å². The highest BCUT2D eigenvalue weighted by molar-refractivity contribution is 5.97. The molecule has 0 saturated carbocycles. The van der Waals surface area contributed by atoms with Gasteiger partial charge in [0.05, 0.1) is 7.11 Å². The van der Waals surface area contributed by atoms with Crippen LogP contribution in [0.3, 0.4) is 0 Å². The molecule has 0 aliphatic carbocycles. The van der Waals surface area contributed by atoms with Gasteiger partial charge in [0.15, 0.2) is 0 Å². The second-order valence-corrected chi connectivity index (χ2v) is 5.83. The van der Waals surface area contributed by atoms with Gasteiger partial charge in [-0.3, -0.25) is 20.4 Å². The smallest absolute Gasteiger partial charge is 0.269 e. The van der Waals surface area contributed by atoms with Gasteiger partial charge in [0.2, 0.25) is 0 Å². The van der Waals surface area contributed by atoms with Crippen LogP contribution in [0.25, 0.3) is 6.08 Å². The number of hydrazine groups is 1. The third kappa shape index (κ3) is 5.49. The number of rotatable bonds is 5. The molecule has 25 heavy (non-hydrogen) atoms. The zero-order chi connectivity index (χ0) is 18.2. The van der Waals surface area contributed by atoms with Gasteiger partial charge in [-0.2, -0.15) is 0 Å².